The van der Waals surface area contributed by atoms with Gasteiger partial charge in [-0.2, -0.15) is 0 Å². The van der Waals surface area contributed by atoms with Crippen LogP contribution in [0.25, 0.3) is 0 Å². The summed E-state index contributed by atoms with van der Waals surface area (Å²) in [5, 5.41) is 3.25. The summed E-state index contributed by atoms with van der Waals surface area (Å²) in [5.41, 5.74) is 1.90. The van der Waals surface area contributed by atoms with Crippen LogP contribution in [0.2, 0.25) is 0 Å². The zero-order valence-electron chi connectivity index (χ0n) is 18.8. The first-order valence-corrected chi connectivity index (χ1v) is 12.3. The molecule has 1 aromatic rings. The van der Waals surface area contributed by atoms with E-state index in [1.165, 1.54) is 12.8 Å². The van der Waals surface area contributed by atoms with Crippen LogP contribution in [0, 0.1) is 6.92 Å². The second kappa shape index (κ2) is 8.81. The highest BCUT2D eigenvalue weighted by Gasteiger charge is 2.44. The Morgan fingerprint density at radius 1 is 0.903 bits per heavy atom. The summed E-state index contributed by atoms with van der Waals surface area (Å²) in [5.74, 6) is 0.178. The van der Waals surface area contributed by atoms with Crippen molar-refractivity contribution in [3.63, 3.8) is 0 Å². The van der Waals surface area contributed by atoms with E-state index in [0.29, 0.717) is 24.2 Å². The van der Waals surface area contributed by atoms with Gasteiger partial charge in [-0.1, -0.05) is 31.0 Å². The fourth-order valence-electron chi connectivity index (χ4n) is 6.38. The molecule has 0 aromatic heterocycles. The SMILES string of the molecule is Cc1ccccc1C(=O)N1CCC(N2CCC(N3C(=O)NC4CCCC[C@H]43)CC2)CC1. The number of amides is 3. The summed E-state index contributed by atoms with van der Waals surface area (Å²) in [6.07, 6.45) is 9.08. The minimum atomic E-state index is 0.178. The van der Waals surface area contributed by atoms with Crippen molar-refractivity contribution in [3.05, 3.63) is 35.4 Å². The molecule has 1 saturated carbocycles. The van der Waals surface area contributed by atoms with E-state index in [2.05, 4.69) is 15.1 Å². The van der Waals surface area contributed by atoms with Crippen molar-refractivity contribution in [1.29, 1.82) is 0 Å². The summed E-state index contributed by atoms with van der Waals surface area (Å²) < 4.78 is 0. The van der Waals surface area contributed by atoms with Crippen molar-refractivity contribution < 1.29 is 9.59 Å². The number of carbonyl (C=O) groups excluding carboxylic acids is 2. The van der Waals surface area contributed by atoms with Crippen molar-refractivity contribution >= 4 is 11.9 Å². The van der Waals surface area contributed by atoms with Crippen molar-refractivity contribution in [3.8, 4) is 0 Å². The molecule has 0 radical (unpaired) electrons. The topological polar surface area (TPSA) is 55.9 Å². The summed E-state index contributed by atoms with van der Waals surface area (Å²) in [6.45, 7) is 5.84. The lowest BCUT2D eigenvalue weighted by Crippen LogP contribution is -2.53. The van der Waals surface area contributed by atoms with Crippen LogP contribution in [-0.4, -0.2) is 77.0 Å². The molecule has 6 heteroatoms. The molecule has 3 aliphatic heterocycles. The van der Waals surface area contributed by atoms with Gasteiger partial charge in [0, 0.05) is 43.8 Å². The van der Waals surface area contributed by atoms with Gasteiger partial charge >= 0.3 is 6.03 Å². The third-order valence-electron chi connectivity index (χ3n) is 8.17. The number of aryl methyl sites for hydroxylation is 1. The lowest BCUT2D eigenvalue weighted by Gasteiger charge is -2.44. The highest BCUT2D eigenvalue weighted by Crippen LogP contribution is 2.33. The number of hydrogen-bond acceptors (Lipinski definition) is 3. The summed E-state index contributed by atoms with van der Waals surface area (Å²) in [6, 6.07) is 9.85. The van der Waals surface area contributed by atoms with Crippen LogP contribution in [-0.2, 0) is 0 Å². The minimum absolute atomic E-state index is 0.178. The van der Waals surface area contributed by atoms with Gasteiger partial charge in [0.25, 0.3) is 5.91 Å². The maximum atomic E-state index is 12.9. The largest absolute Gasteiger partial charge is 0.339 e. The van der Waals surface area contributed by atoms with Crippen LogP contribution in [0.4, 0.5) is 4.79 Å². The highest BCUT2D eigenvalue weighted by molar-refractivity contribution is 5.95. The molecule has 4 aliphatic rings. The molecule has 3 heterocycles. The predicted octanol–water partition coefficient (Wildman–Crippen LogP) is 3.40. The van der Waals surface area contributed by atoms with E-state index in [1.54, 1.807) is 0 Å². The van der Waals surface area contributed by atoms with Gasteiger partial charge in [-0.3, -0.25) is 4.79 Å². The van der Waals surface area contributed by atoms with Crippen molar-refractivity contribution in [1.82, 2.24) is 20.0 Å². The second-order valence-electron chi connectivity index (χ2n) is 9.92. The van der Waals surface area contributed by atoms with Gasteiger partial charge in [0.05, 0.1) is 12.1 Å². The van der Waals surface area contributed by atoms with Gasteiger partial charge in [-0.15, -0.1) is 0 Å². The Hall–Kier alpha value is -2.08. The molecule has 1 aromatic carbocycles. The lowest BCUT2D eigenvalue weighted by molar-refractivity contribution is 0.0471. The Kier molecular flexibility index (Phi) is 5.91. The first-order valence-electron chi connectivity index (χ1n) is 12.3. The maximum Gasteiger partial charge on any atom is 0.318 e. The number of benzene rings is 1. The minimum Gasteiger partial charge on any atom is -0.339 e. The van der Waals surface area contributed by atoms with Gasteiger partial charge in [-0.05, 0) is 57.1 Å². The van der Waals surface area contributed by atoms with Gasteiger partial charge in [0.15, 0.2) is 0 Å². The van der Waals surface area contributed by atoms with Crippen LogP contribution < -0.4 is 5.32 Å². The number of piperidine rings is 2. The average Bonchev–Trinajstić information content (AvgIpc) is 3.15. The molecule has 1 aliphatic carbocycles. The van der Waals surface area contributed by atoms with Gasteiger partial charge in [0.2, 0.25) is 0 Å². The molecule has 0 spiro atoms. The quantitative estimate of drug-likeness (QED) is 0.809. The van der Waals surface area contributed by atoms with E-state index in [1.807, 2.05) is 36.1 Å². The monoisotopic (exact) mass is 424 g/mol. The molecule has 1 N–H and O–H groups in total. The average molecular weight is 425 g/mol. The fraction of sp³-hybridized carbons (Fsp3) is 0.680. The molecule has 3 saturated heterocycles. The maximum absolute atomic E-state index is 12.9. The van der Waals surface area contributed by atoms with Crippen LogP contribution in [0.1, 0.15) is 67.3 Å². The van der Waals surface area contributed by atoms with Gasteiger partial charge in [-0.25, -0.2) is 4.79 Å². The Bertz CT molecular complexity index is 811. The second-order valence-corrected chi connectivity index (χ2v) is 9.92. The number of rotatable bonds is 3. The molecule has 6 nitrogen and oxygen atoms in total. The number of likely N-dealkylation sites (tertiary alicyclic amines) is 2. The number of hydrogen-bond donors (Lipinski definition) is 1. The third-order valence-corrected chi connectivity index (χ3v) is 8.17. The molecular weight excluding hydrogens is 388 g/mol. The molecule has 5 rings (SSSR count). The Balaban J connectivity index is 1.13. The zero-order chi connectivity index (χ0) is 21.4. The highest BCUT2D eigenvalue weighted by atomic mass is 16.2. The van der Waals surface area contributed by atoms with E-state index < -0.39 is 0 Å². The van der Waals surface area contributed by atoms with Crippen molar-refractivity contribution in [2.24, 2.45) is 0 Å². The lowest BCUT2D eigenvalue weighted by atomic mass is 9.89. The third kappa shape index (κ3) is 4.07. The van der Waals surface area contributed by atoms with Crippen LogP contribution in [0.3, 0.4) is 0 Å². The summed E-state index contributed by atoms with van der Waals surface area (Å²) >= 11 is 0. The van der Waals surface area contributed by atoms with E-state index >= 15 is 0 Å². The van der Waals surface area contributed by atoms with Crippen molar-refractivity contribution in [2.75, 3.05) is 26.2 Å². The Labute approximate surface area is 185 Å². The smallest absolute Gasteiger partial charge is 0.318 e. The molecule has 31 heavy (non-hydrogen) atoms. The molecule has 4 fully saturated rings. The summed E-state index contributed by atoms with van der Waals surface area (Å²) in [7, 11) is 0. The standard InChI is InChI=1S/C25H36N4O2/c1-18-6-2-3-7-21(18)24(30)28-16-10-19(11-17-28)27-14-12-20(13-15-27)29-23-9-5-4-8-22(23)26-25(29)31/h2-3,6-7,19-20,22-23H,4-5,8-17H2,1H3,(H,26,31)/t22?,23-/m1/s1. The van der Waals surface area contributed by atoms with Crippen molar-refractivity contribution in [2.45, 2.75) is 82.5 Å². The Morgan fingerprint density at radius 3 is 2.32 bits per heavy atom. The number of urea groups is 1. The van der Waals surface area contributed by atoms with Gasteiger partial charge in [0.1, 0.15) is 0 Å². The van der Waals surface area contributed by atoms with E-state index in [4.69, 9.17) is 0 Å². The molecule has 3 amide bonds. The molecule has 0 bridgehead atoms. The number of carbonyl (C=O) groups is 2. The van der Waals surface area contributed by atoms with Crippen LogP contribution >= 0.6 is 0 Å². The summed E-state index contributed by atoms with van der Waals surface area (Å²) in [4.78, 5) is 32.4. The van der Waals surface area contributed by atoms with E-state index in [0.717, 1.165) is 75.8 Å². The normalized spacial score (nSPS) is 28.5. The van der Waals surface area contributed by atoms with Crippen LogP contribution in [0.5, 0.6) is 0 Å². The first-order chi connectivity index (χ1) is 15.1. The fourth-order valence-corrected chi connectivity index (χ4v) is 6.38. The van der Waals surface area contributed by atoms with Gasteiger partial charge < -0.3 is 20.0 Å². The van der Waals surface area contributed by atoms with E-state index in [9.17, 15) is 9.59 Å². The number of fused-ring (bicyclic) bond motifs is 1. The number of nitrogens with one attached hydrogen (secondary N) is 1. The molecular formula is C25H36N4O2. The number of nitrogens with zero attached hydrogens (tertiary/aromatic N) is 3. The Morgan fingerprint density at radius 2 is 1.58 bits per heavy atom. The zero-order valence-corrected chi connectivity index (χ0v) is 18.8. The van der Waals surface area contributed by atoms with Crippen LogP contribution in [0.15, 0.2) is 24.3 Å². The predicted molar refractivity (Wildman–Crippen MR) is 121 cm³/mol. The molecule has 168 valence electrons. The molecule has 1 unspecified atom stereocenters. The van der Waals surface area contributed by atoms with E-state index in [-0.39, 0.29) is 11.9 Å². The first kappa shape index (κ1) is 20.8. The molecule has 2 atom stereocenters.